The van der Waals surface area contributed by atoms with E-state index in [1.165, 1.54) is 122 Å². The fourth-order valence-electron chi connectivity index (χ4n) is 12.0. The van der Waals surface area contributed by atoms with Crippen molar-refractivity contribution in [2.75, 3.05) is 26.4 Å². The fourth-order valence-corrected chi connectivity index (χ4v) is 13.0. The third-order valence-electron chi connectivity index (χ3n) is 18.0. The third kappa shape index (κ3) is 35.1. The Morgan fingerprint density at radius 1 is 0.404 bits per heavy atom. The normalized spacial score (nSPS) is 28.3. The van der Waals surface area contributed by atoms with Gasteiger partial charge in [0.05, 0.1) is 13.2 Å². The van der Waals surface area contributed by atoms with Gasteiger partial charge in [-0.15, -0.1) is 0 Å². The number of carbonyl (C=O) groups is 3. The summed E-state index contributed by atoms with van der Waals surface area (Å²) in [6.45, 7) is 3.41. The first-order valence-corrected chi connectivity index (χ1v) is 38.0. The molecule has 1 aliphatic carbocycles. The lowest BCUT2D eigenvalue weighted by Gasteiger charge is -2.49. The Morgan fingerprint density at radius 2 is 0.745 bits per heavy atom. The summed E-state index contributed by atoms with van der Waals surface area (Å²) in [5.74, 6) is -2.00. The molecule has 0 aromatic carbocycles. The summed E-state index contributed by atoms with van der Waals surface area (Å²) in [5, 5.41) is 110. The van der Waals surface area contributed by atoms with Crippen molar-refractivity contribution in [1.82, 2.24) is 0 Å². The number of ether oxygens (including phenoxy) is 7. The molecule has 0 aromatic rings. The van der Waals surface area contributed by atoms with Gasteiger partial charge >= 0.3 is 25.7 Å². The van der Waals surface area contributed by atoms with E-state index in [4.69, 9.17) is 42.2 Å². The van der Waals surface area contributed by atoms with Gasteiger partial charge in [-0.05, 0) is 44.9 Å². The van der Waals surface area contributed by atoms with Crippen molar-refractivity contribution in [2.24, 2.45) is 0 Å². The Morgan fingerprint density at radius 3 is 1.16 bits per heavy atom. The van der Waals surface area contributed by atoms with E-state index in [-0.39, 0.29) is 19.3 Å². The highest BCUT2D eigenvalue weighted by molar-refractivity contribution is 7.47. The molecular formula is C69H127O24P. The molecule has 18 unspecified atom stereocenters. The summed E-state index contributed by atoms with van der Waals surface area (Å²) in [5.41, 5.74) is 0. The van der Waals surface area contributed by atoms with Gasteiger partial charge < -0.3 is 89.1 Å². The molecule has 0 aromatic heterocycles. The topological polar surface area (TPSA) is 374 Å². The molecular weight excluding hydrogens is 1240 g/mol. The second-order valence-electron chi connectivity index (χ2n) is 26.3. The molecule has 0 spiro atoms. The SMILES string of the molecule is CCCCCCCCC/C=C\CCCCCC(=O)OCC(COP(=O)(O)OC1C(OC2OC(CO)C(O)C(O)C2O)C(O)C(O)C(O)C1OC1OC(COC(=O)CCCCCCCCCCCCC)C(O)C(O)C1O)OC(=O)CCCCCCCCCCCCCCCC. The van der Waals surface area contributed by atoms with Crippen LogP contribution in [0.1, 0.15) is 278 Å². The van der Waals surface area contributed by atoms with Crippen molar-refractivity contribution in [2.45, 2.75) is 382 Å². The highest BCUT2D eigenvalue weighted by Crippen LogP contribution is 2.49. The Kier molecular flexibility index (Phi) is 47.3. The minimum Gasteiger partial charge on any atom is -0.463 e. The maximum absolute atomic E-state index is 14.3. The maximum Gasteiger partial charge on any atom is 0.472 e. The summed E-state index contributed by atoms with van der Waals surface area (Å²) in [7, 11) is -5.69. The zero-order valence-corrected chi connectivity index (χ0v) is 58.2. The zero-order valence-electron chi connectivity index (χ0n) is 57.3. The van der Waals surface area contributed by atoms with Crippen LogP contribution in [0.3, 0.4) is 0 Å². The van der Waals surface area contributed by atoms with E-state index in [0.717, 1.165) is 96.3 Å². The Hall–Kier alpha value is -2.30. The minimum absolute atomic E-state index is 0.0279. The van der Waals surface area contributed by atoms with Gasteiger partial charge in [0.2, 0.25) is 0 Å². The maximum atomic E-state index is 14.3. The van der Waals surface area contributed by atoms with Crippen molar-refractivity contribution in [3.05, 3.63) is 12.2 Å². The first kappa shape index (κ1) is 85.9. The molecule has 25 heteroatoms. The van der Waals surface area contributed by atoms with Crippen LogP contribution in [0.25, 0.3) is 0 Å². The lowest BCUT2D eigenvalue weighted by Crippen LogP contribution is -2.69. The number of rotatable bonds is 56. The number of phosphoric acid groups is 1. The zero-order chi connectivity index (χ0) is 68.9. The second kappa shape index (κ2) is 51.8. The molecule has 0 amide bonds. The Bertz CT molecular complexity index is 2010. The molecule has 2 heterocycles. The van der Waals surface area contributed by atoms with Crippen LogP contribution in [0.2, 0.25) is 0 Å². The average Bonchev–Trinajstić information content (AvgIpc) is 0.764. The molecule has 0 radical (unpaired) electrons. The molecule has 3 fully saturated rings. The first-order chi connectivity index (χ1) is 45.3. The molecule has 24 nitrogen and oxygen atoms in total. The molecule has 2 aliphatic heterocycles. The molecule has 94 heavy (non-hydrogen) atoms. The van der Waals surface area contributed by atoms with Crippen molar-refractivity contribution >= 4 is 25.7 Å². The standard InChI is InChI=1S/C69H127O24P/c1-4-7-10-13-16-19-22-24-26-29-32-34-37-40-43-53(71)85-47-50(88-55(73)45-42-39-36-33-30-27-25-23-20-17-14-11-8-5-2)48-87-94(83,84)93-67-65(91-68-63(81)58(76)56(74)51(46-70)89-68)61(79)60(78)62(80)66(67)92-69-64(82)59(77)57(75)52(90-69)49-86-54(72)44-41-38-35-31-28-21-18-15-12-9-6-3/h26,29,50-52,56-70,74-82H,4-25,27-28,30-49H2,1-3H3,(H,83,84)/b29-26-. The summed E-state index contributed by atoms with van der Waals surface area (Å²) in [6, 6.07) is 0. The van der Waals surface area contributed by atoms with Crippen molar-refractivity contribution in [1.29, 1.82) is 0 Å². The smallest absolute Gasteiger partial charge is 0.463 e. The Balaban J connectivity index is 1.76. The number of aliphatic hydroxyl groups is 10. The number of allylic oxidation sites excluding steroid dienone is 2. The van der Waals surface area contributed by atoms with E-state index >= 15 is 0 Å². The third-order valence-corrected chi connectivity index (χ3v) is 19.0. The van der Waals surface area contributed by atoms with Crippen LogP contribution in [-0.2, 0) is 61.2 Å². The van der Waals surface area contributed by atoms with Gasteiger partial charge in [-0.25, -0.2) is 4.57 Å². The quantitative estimate of drug-likeness (QED) is 0.00888. The van der Waals surface area contributed by atoms with Gasteiger partial charge in [-0.3, -0.25) is 23.4 Å². The summed E-state index contributed by atoms with van der Waals surface area (Å²) < 4.78 is 64.9. The first-order valence-electron chi connectivity index (χ1n) is 36.5. The van der Waals surface area contributed by atoms with Gasteiger partial charge in [0.25, 0.3) is 0 Å². The van der Waals surface area contributed by atoms with E-state index in [1.54, 1.807) is 0 Å². The lowest BCUT2D eigenvalue weighted by atomic mass is 9.84. The molecule has 3 aliphatic rings. The van der Waals surface area contributed by atoms with Crippen LogP contribution in [0, 0.1) is 0 Å². The van der Waals surface area contributed by atoms with Crippen LogP contribution >= 0.6 is 7.82 Å². The largest absolute Gasteiger partial charge is 0.472 e. The second-order valence-corrected chi connectivity index (χ2v) is 27.7. The highest BCUT2D eigenvalue weighted by atomic mass is 31.2. The van der Waals surface area contributed by atoms with Crippen molar-refractivity contribution < 1.29 is 117 Å². The molecule has 1 saturated carbocycles. The van der Waals surface area contributed by atoms with Gasteiger partial charge in [0.1, 0.15) is 98.7 Å². The van der Waals surface area contributed by atoms with E-state index in [1.807, 2.05) is 0 Å². The molecule has 3 rings (SSSR count). The van der Waals surface area contributed by atoms with Crippen LogP contribution < -0.4 is 0 Å². The van der Waals surface area contributed by atoms with Gasteiger partial charge in [-0.1, -0.05) is 226 Å². The number of hydrogen-bond acceptors (Lipinski definition) is 23. The summed E-state index contributed by atoms with van der Waals surface area (Å²) in [6.07, 6.45) is 8.74. The monoisotopic (exact) mass is 1370 g/mol. The predicted octanol–water partition coefficient (Wildman–Crippen LogP) is 9.18. The molecule has 552 valence electrons. The van der Waals surface area contributed by atoms with Crippen LogP contribution in [0.15, 0.2) is 12.2 Å². The predicted molar refractivity (Wildman–Crippen MR) is 352 cm³/mol. The van der Waals surface area contributed by atoms with Crippen molar-refractivity contribution in [3.63, 3.8) is 0 Å². The van der Waals surface area contributed by atoms with E-state index in [9.17, 15) is 74.9 Å². The molecule has 18 atom stereocenters. The van der Waals surface area contributed by atoms with Gasteiger partial charge in [0.15, 0.2) is 18.7 Å². The fraction of sp³-hybridized carbons (Fsp3) is 0.928. The summed E-state index contributed by atoms with van der Waals surface area (Å²) >= 11 is 0. The summed E-state index contributed by atoms with van der Waals surface area (Å²) in [4.78, 5) is 50.9. The number of aliphatic hydroxyl groups excluding tert-OH is 10. The van der Waals surface area contributed by atoms with Crippen LogP contribution in [-0.4, -0.2) is 204 Å². The Labute approximate surface area is 561 Å². The van der Waals surface area contributed by atoms with Gasteiger partial charge in [0, 0.05) is 19.3 Å². The van der Waals surface area contributed by atoms with Gasteiger partial charge in [-0.2, -0.15) is 0 Å². The van der Waals surface area contributed by atoms with E-state index in [0.29, 0.717) is 19.3 Å². The number of carbonyl (C=O) groups excluding carboxylic acids is 3. The lowest BCUT2D eigenvalue weighted by molar-refractivity contribution is -0.360. The van der Waals surface area contributed by atoms with E-state index in [2.05, 4.69) is 32.9 Å². The number of esters is 3. The number of unbranched alkanes of at least 4 members (excludes halogenated alkanes) is 33. The average molecular weight is 1370 g/mol. The van der Waals surface area contributed by atoms with E-state index < -0.39 is 156 Å². The minimum atomic E-state index is -5.69. The molecule has 2 saturated heterocycles. The number of hydrogen-bond donors (Lipinski definition) is 11. The highest BCUT2D eigenvalue weighted by Gasteiger charge is 2.58. The molecule has 11 N–H and O–H groups in total. The van der Waals surface area contributed by atoms with Crippen LogP contribution in [0.5, 0.6) is 0 Å². The molecule has 0 bridgehead atoms. The number of phosphoric ester groups is 1. The van der Waals surface area contributed by atoms with Crippen LogP contribution in [0.4, 0.5) is 0 Å². The van der Waals surface area contributed by atoms with Crippen molar-refractivity contribution in [3.8, 4) is 0 Å².